The molecule has 0 fully saturated rings. The maximum atomic E-state index is 10.8. The molecule has 0 aliphatic carbocycles. The Balaban J connectivity index is 1.54. The minimum absolute atomic E-state index is 0.0810. The monoisotopic (exact) mass is 435 g/mol. The smallest absolute Gasteiger partial charge is 0.269 e. The van der Waals surface area contributed by atoms with Crippen molar-refractivity contribution < 1.29 is 4.92 Å². The second kappa shape index (κ2) is 12.3. The number of guanidine groups is 1. The number of aromatic nitrogens is 1. The molecule has 0 radical (unpaired) electrons. The molecule has 0 amide bonds. The van der Waals surface area contributed by atoms with E-state index in [1.807, 2.05) is 36.4 Å². The first-order valence-electron chi connectivity index (χ1n) is 10.0. The number of non-ortho nitro benzene ring substituents is 1. The van der Waals surface area contributed by atoms with Crippen LogP contribution in [0.3, 0.4) is 0 Å². The van der Waals surface area contributed by atoms with E-state index in [4.69, 9.17) is 0 Å². The van der Waals surface area contributed by atoms with Gasteiger partial charge in [-0.1, -0.05) is 36.4 Å². The largest absolute Gasteiger partial charge is 0.356 e. The van der Waals surface area contributed by atoms with Gasteiger partial charge in [0.25, 0.3) is 5.69 Å². The van der Waals surface area contributed by atoms with Gasteiger partial charge in [-0.15, -0.1) is 11.8 Å². The van der Waals surface area contributed by atoms with Crippen molar-refractivity contribution in [3.63, 3.8) is 0 Å². The molecule has 0 spiro atoms. The van der Waals surface area contributed by atoms with Crippen molar-refractivity contribution in [3.05, 3.63) is 100 Å². The van der Waals surface area contributed by atoms with Crippen molar-refractivity contribution in [1.29, 1.82) is 0 Å². The molecule has 3 rings (SSSR count). The summed E-state index contributed by atoms with van der Waals surface area (Å²) >= 11 is 1.78. The fraction of sp³-hybridized carbons (Fsp3) is 0.217. The lowest BCUT2D eigenvalue weighted by Crippen LogP contribution is -2.39. The van der Waals surface area contributed by atoms with Crippen LogP contribution in [0.25, 0.3) is 0 Å². The molecule has 0 aliphatic rings. The third-order valence-corrected chi connectivity index (χ3v) is 5.39. The van der Waals surface area contributed by atoms with E-state index in [2.05, 4.69) is 32.7 Å². The number of pyridine rings is 1. The molecule has 0 saturated carbocycles. The molecule has 3 aromatic rings. The number of nitro groups is 1. The molecule has 2 N–H and O–H groups in total. The van der Waals surface area contributed by atoms with Crippen LogP contribution in [-0.4, -0.2) is 34.7 Å². The number of rotatable bonds is 10. The fourth-order valence-electron chi connectivity index (χ4n) is 2.78. The summed E-state index contributed by atoms with van der Waals surface area (Å²) in [6.45, 7) is 1.90. The minimum atomic E-state index is -0.399. The Kier molecular flexibility index (Phi) is 8.88. The summed E-state index contributed by atoms with van der Waals surface area (Å²) in [5.74, 6) is 1.62. The highest BCUT2D eigenvalue weighted by Crippen LogP contribution is 2.16. The van der Waals surface area contributed by atoms with Gasteiger partial charge in [0.2, 0.25) is 0 Å². The predicted octanol–water partition coefficient (Wildman–Crippen LogP) is 4.06. The Morgan fingerprint density at radius 3 is 2.42 bits per heavy atom. The number of hydrogen-bond acceptors (Lipinski definition) is 5. The van der Waals surface area contributed by atoms with Gasteiger partial charge < -0.3 is 10.6 Å². The van der Waals surface area contributed by atoms with Crippen LogP contribution in [0.15, 0.2) is 88.9 Å². The van der Waals surface area contributed by atoms with E-state index in [9.17, 15) is 10.1 Å². The number of nitrogens with one attached hydrogen (secondary N) is 2. The molecular weight excluding hydrogens is 410 g/mol. The van der Waals surface area contributed by atoms with Gasteiger partial charge in [-0.2, -0.15) is 0 Å². The molecular formula is C23H25N5O2S. The van der Waals surface area contributed by atoms with Gasteiger partial charge in [0.05, 0.1) is 11.5 Å². The lowest BCUT2D eigenvalue weighted by Gasteiger charge is -2.13. The minimum Gasteiger partial charge on any atom is -0.356 e. The molecule has 160 valence electrons. The number of hydrogen-bond donors (Lipinski definition) is 2. The molecule has 8 heteroatoms. The van der Waals surface area contributed by atoms with Crippen molar-refractivity contribution >= 4 is 23.4 Å². The summed E-state index contributed by atoms with van der Waals surface area (Å²) in [6, 6.07) is 22.6. The molecule has 0 saturated heterocycles. The number of thioether (sulfide) groups is 1. The zero-order valence-electron chi connectivity index (χ0n) is 17.1. The van der Waals surface area contributed by atoms with Crippen LogP contribution in [0.4, 0.5) is 5.69 Å². The first-order chi connectivity index (χ1) is 15.2. The van der Waals surface area contributed by atoms with Crippen molar-refractivity contribution in [1.82, 2.24) is 15.6 Å². The van der Waals surface area contributed by atoms with Crippen LogP contribution in [0.5, 0.6) is 0 Å². The molecule has 0 aliphatic heterocycles. The van der Waals surface area contributed by atoms with Crippen LogP contribution in [-0.2, 0) is 13.0 Å². The van der Waals surface area contributed by atoms with E-state index in [0.717, 1.165) is 30.0 Å². The Morgan fingerprint density at radius 2 is 1.71 bits per heavy atom. The maximum Gasteiger partial charge on any atom is 0.269 e. The normalized spacial score (nSPS) is 11.2. The van der Waals surface area contributed by atoms with Gasteiger partial charge in [0, 0.05) is 54.2 Å². The highest BCUT2D eigenvalue weighted by atomic mass is 32.2. The zero-order chi connectivity index (χ0) is 21.7. The molecule has 7 nitrogen and oxygen atoms in total. The van der Waals surface area contributed by atoms with E-state index in [1.54, 1.807) is 30.1 Å². The van der Waals surface area contributed by atoms with E-state index < -0.39 is 4.92 Å². The van der Waals surface area contributed by atoms with Crippen LogP contribution in [0.2, 0.25) is 0 Å². The van der Waals surface area contributed by atoms with Gasteiger partial charge in [0.15, 0.2) is 5.96 Å². The van der Waals surface area contributed by atoms with Gasteiger partial charge in [-0.05, 0) is 29.8 Å². The van der Waals surface area contributed by atoms with Crippen molar-refractivity contribution in [2.24, 2.45) is 4.99 Å². The first kappa shape index (κ1) is 22.3. The number of benzene rings is 2. The van der Waals surface area contributed by atoms with Gasteiger partial charge in [0.1, 0.15) is 0 Å². The Labute approximate surface area is 186 Å². The van der Waals surface area contributed by atoms with Gasteiger partial charge in [-0.3, -0.25) is 15.1 Å². The van der Waals surface area contributed by atoms with Gasteiger partial charge >= 0.3 is 0 Å². The Bertz CT molecular complexity index is 966. The second-order valence-corrected chi connectivity index (χ2v) is 7.84. The third kappa shape index (κ3) is 8.10. The van der Waals surface area contributed by atoms with E-state index in [-0.39, 0.29) is 5.69 Å². The molecule has 1 heterocycles. The summed E-state index contributed by atoms with van der Waals surface area (Å²) < 4.78 is 0. The highest BCUT2D eigenvalue weighted by Gasteiger charge is 2.04. The topological polar surface area (TPSA) is 92.5 Å². The lowest BCUT2D eigenvalue weighted by molar-refractivity contribution is -0.384. The quantitative estimate of drug-likeness (QED) is 0.125. The molecule has 31 heavy (non-hydrogen) atoms. The van der Waals surface area contributed by atoms with Gasteiger partial charge in [-0.25, -0.2) is 4.99 Å². The molecule has 0 unspecified atom stereocenters. The first-order valence-corrected chi connectivity index (χ1v) is 11.0. The van der Waals surface area contributed by atoms with Crippen LogP contribution < -0.4 is 10.6 Å². The standard InChI is InChI=1S/C23H25N5O2S/c29-28(30)21-11-9-19(10-12-21)18-27-23(25-15-13-20-6-4-5-14-24-20)26-16-17-31-22-7-2-1-3-8-22/h1-12,14H,13,15-18H2,(H2,25,26,27). The van der Waals surface area contributed by atoms with E-state index >= 15 is 0 Å². The Morgan fingerprint density at radius 1 is 0.968 bits per heavy atom. The summed E-state index contributed by atoms with van der Waals surface area (Å²) in [5.41, 5.74) is 2.01. The number of nitrogens with zero attached hydrogens (tertiary/aromatic N) is 3. The second-order valence-electron chi connectivity index (χ2n) is 6.67. The average molecular weight is 436 g/mol. The maximum absolute atomic E-state index is 10.8. The number of aliphatic imine (C=N–C) groups is 1. The SMILES string of the molecule is O=[N+]([O-])c1ccc(CN=C(NCCSc2ccccc2)NCCc2ccccn2)cc1. The molecule has 0 bridgehead atoms. The van der Waals surface area contributed by atoms with Crippen LogP contribution in [0, 0.1) is 10.1 Å². The summed E-state index contributed by atoms with van der Waals surface area (Å²) in [6.07, 6.45) is 2.58. The van der Waals surface area contributed by atoms with E-state index in [0.29, 0.717) is 19.0 Å². The van der Waals surface area contributed by atoms with Crippen molar-refractivity contribution in [2.45, 2.75) is 17.9 Å². The number of nitro benzene ring substituents is 1. The molecule has 1 aromatic heterocycles. The summed E-state index contributed by atoms with van der Waals surface area (Å²) in [7, 11) is 0. The third-order valence-electron chi connectivity index (χ3n) is 4.37. The summed E-state index contributed by atoms with van der Waals surface area (Å²) in [5, 5.41) is 17.5. The Hall–Kier alpha value is -3.39. The van der Waals surface area contributed by atoms with Crippen molar-refractivity contribution in [2.75, 3.05) is 18.8 Å². The van der Waals surface area contributed by atoms with Crippen LogP contribution in [0.1, 0.15) is 11.3 Å². The highest BCUT2D eigenvalue weighted by molar-refractivity contribution is 7.99. The van der Waals surface area contributed by atoms with Crippen molar-refractivity contribution in [3.8, 4) is 0 Å². The molecule has 0 atom stereocenters. The average Bonchev–Trinajstić information content (AvgIpc) is 2.81. The lowest BCUT2D eigenvalue weighted by atomic mass is 10.2. The summed E-state index contributed by atoms with van der Waals surface area (Å²) in [4.78, 5) is 20.6. The fourth-order valence-corrected chi connectivity index (χ4v) is 3.57. The van der Waals surface area contributed by atoms with Crippen LogP contribution >= 0.6 is 11.8 Å². The zero-order valence-corrected chi connectivity index (χ0v) is 17.9. The van der Waals surface area contributed by atoms with E-state index in [1.165, 1.54) is 17.0 Å². The predicted molar refractivity (Wildman–Crippen MR) is 125 cm³/mol. The molecule has 2 aromatic carbocycles.